The highest BCUT2D eigenvalue weighted by Gasteiger charge is 2.28. The van der Waals surface area contributed by atoms with Gasteiger partial charge in [0.2, 0.25) is 17.7 Å². The van der Waals surface area contributed by atoms with Crippen LogP contribution in [0.25, 0.3) is 0 Å². The molecule has 0 bridgehead atoms. The molecule has 2 aromatic rings. The topological polar surface area (TPSA) is 140 Å². The third-order valence-electron chi connectivity index (χ3n) is 4.20. The monoisotopic (exact) mass is 357 g/mol. The van der Waals surface area contributed by atoms with Crippen molar-refractivity contribution in [2.45, 2.75) is 19.8 Å². The molecule has 0 saturated carbocycles. The minimum Gasteiger partial charge on any atom is -0.378 e. The first-order chi connectivity index (χ1) is 12.4. The van der Waals surface area contributed by atoms with Crippen LogP contribution in [0.4, 0.5) is 23.3 Å². The summed E-state index contributed by atoms with van der Waals surface area (Å²) in [6.45, 7) is 2.92. The largest absolute Gasteiger partial charge is 0.378 e. The first-order valence-electron chi connectivity index (χ1n) is 8.20. The van der Waals surface area contributed by atoms with E-state index in [0.717, 1.165) is 24.7 Å². The van der Waals surface area contributed by atoms with Crippen molar-refractivity contribution in [2.24, 2.45) is 5.92 Å². The van der Waals surface area contributed by atoms with Crippen LogP contribution < -0.4 is 16.0 Å². The van der Waals surface area contributed by atoms with Crippen molar-refractivity contribution in [1.29, 1.82) is 0 Å². The Morgan fingerprint density at radius 3 is 2.92 bits per heavy atom. The fourth-order valence-electron chi connectivity index (χ4n) is 2.89. The number of aryl methyl sites for hydroxylation is 1. The molecule has 1 fully saturated rings. The highest BCUT2D eigenvalue weighted by atomic mass is 16.6. The summed E-state index contributed by atoms with van der Waals surface area (Å²) >= 11 is 0. The number of nitro groups is 1. The third-order valence-corrected chi connectivity index (χ3v) is 4.20. The Morgan fingerprint density at radius 1 is 1.42 bits per heavy atom. The van der Waals surface area contributed by atoms with Crippen LogP contribution in [0.15, 0.2) is 24.4 Å². The van der Waals surface area contributed by atoms with Gasteiger partial charge in [-0.25, -0.2) is 9.97 Å². The number of hydrogen-bond donors (Lipinski definition) is 2. The Balaban J connectivity index is 1.70. The Morgan fingerprint density at radius 2 is 2.23 bits per heavy atom. The maximum atomic E-state index is 12.5. The first-order valence-corrected chi connectivity index (χ1v) is 8.20. The Labute approximate surface area is 149 Å². The van der Waals surface area contributed by atoms with Crippen molar-refractivity contribution in [1.82, 2.24) is 15.0 Å². The molecule has 0 aromatic carbocycles. The molecule has 1 atom stereocenters. The van der Waals surface area contributed by atoms with Gasteiger partial charge in [-0.15, -0.1) is 0 Å². The maximum Gasteiger partial charge on any atom is 0.329 e. The van der Waals surface area contributed by atoms with E-state index in [2.05, 4.69) is 20.3 Å². The van der Waals surface area contributed by atoms with Crippen molar-refractivity contribution in [3.63, 3.8) is 0 Å². The molecule has 1 aliphatic rings. The molecule has 1 aliphatic heterocycles. The van der Waals surface area contributed by atoms with Crippen molar-refractivity contribution < 1.29 is 9.72 Å². The van der Waals surface area contributed by atoms with Crippen LogP contribution in [0, 0.1) is 23.0 Å². The number of nitrogens with zero attached hydrogens (tertiary/aromatic N) is 5. The maximum absolute atomic E-state index is 12.5. The fourth-order valence-corrected chi connectivity index (χ4v) is 2.89. The Hall–Kier alpha value is -3.30. The summed E-state index contributed by atoms with van der Waals surface area (Å²) in [6, 6.07) is 5.43. The minimum absolute atomic E-state index is 0.123. The summed E-state index contributed by atoms with van der Waals surface area (Å²) in [5.41, 5.74) is 6.13. The van der Waals surface area contributed by atoms with E-state index in [0.29, 0.717) is 24.9 Å². The van der Waals surface area contributed by atoms with E-state index in [4.69, 9.17) is 5.73 Å². The molecule has 0 radical (unpaired) electrons. The Kier molecular flexibility index (Phi) is 4.92. The summed E-state index contributed by atoms with van der Waals surface area (Å²) in [6.07, 6.45) is 2.61. The zero-order chi connectivity index (χ0) is 18.7. The summed E-state index contributed by atoms with van der Waals surface area (Å²) in [5, 5.41) is 13.6. The van der Waals surface area contributed by atoms with E-state index in [9.17, 15) is 14.9 Å². The smallest absolute Gasteiger partial charge is 0.329 e. The van der Waals surface area contributed by atoms with Crippen LogP contribution >= 0.6 is 0 Å². The number of rotatable bonds is 4. The number of amides is 1. The van der Waals surface area contributed by atoms with Gasteiger partial charge in [0, 0.05) is 18.8 Å². The number of pyridine rings is 1. The van der Waals surface area contributed by atoms with Gasteiger partial charge in [0.15, 0.2) is 0 Å². The molecule has 10 nitrogen and oxygen atoms in total. The van der Waals surface area contributed by atoms with Gasteiger partial charge in [0.1, 0.15) is 12.0 Å². The van der Waals surface area contributed by atoms with Crippen LogP contribution in [0.3, 0.4) is 0 Å². The van der Waals surface area contributed by atoms with Gasteiger partial charge in [-0.05, 0) is 31.9 Å². The number of anilines is 3. The van der Waals surface area contributed by atoms with Gasteiger partial charge < -0.3 is 16.0 Å². The van der Waals surface area contributed by atoms with Crippen molar-refractivity contribution in [2.75, 3.05) is 29.0 Å². The molecule has 0 aliphatic carbocycles. The van der Waals surface area contributed by atoms with Gasteiger partial charge in [-0.1, -0.05) is 6.07 Å². The second-order valence-corrected chi connectivity index (χ2v) is 6.14. The first kappa shape index (κ1) is 17.5. The highest BCUT2D eigenvalue weighted by Crippen LogP contribution is 2.25. The van der Waals surface area contributed by atoms with Gasteiger partial charge in [0.25, 0.3) is 0 Å². The molecule has 3 heterocycles. The third kappa shape index (κ3) is 3.85. The molecule has 0 spiro atoms. The summed E-state index contributed by atoms with van der Waals surface area (Å²) < 4.78 is 0. The van der Waals surface area contributed by atoms with E-state index in [1.807, 2.05) is 24.0 Å². The zero-order valence-electron chi connectivity index (χ0n) is 14.3. The molecule has 3 rings (SSSR count). The number of aromatic nitrogens is 3. The number of nitrogen functional groups attached to an aromatic ring is 1. The lowest BCUT2D eigenvalue weighted by Crippen LogP contribution is -2.41. The standard InChI is InChI=1S/C16H19N7O3/c1-10-4-2-6-13(19-10)20-15(24)11-5-3-7-22(9-11)16-18-8-12(23(25)26)14(17)21-16/h2,4,6,8,11H,3,5,7,9H2,1H3,(H2,17,18,21)(H,19,20,24). The SMILES string of the molecule is Cc1cccc(NC(=O)C2CCCN(c3ncc([N+](=O)[O-])c(N)n3)C2)n1. The lowest BCUT2D eigenvalue weighted by Gasteiger charge is -2.31. The average Bonchev–Trinajstić information content (AvgIpc) is 2.61. The minimum atomic E-state index is -0.625. The fraction of sp³-hybridized carbons (Fsp3) is 0.375. The van der Waals surface area contributed by atoms with Crippen molar-refractivity contribution in [3.05, 3.63) is 40.2 Å². The van der Waals surface area contributed by atoms with Crippen LogP contribution in [-0.2, 0) is 4.79 Å². The number of piperidine rings is 1. The summed E-state index contributed by atoms with van der Waals surface area (Å²) in [4.78, 5) is 36.9. The predicted octanol–water partition coefficient (Wildman–Crippen LogP) is 1.53. The van der Waals surface area contributed by atoms with Gasteiger partial charge in [-0.2, -0.15) is 4.98 Å². The van der Waals surface area contributed by atoms with E-state index >= 15 is 0 Å². The molecule has 2 aromatic heterocycles. The number of carbonyl (C=O) groups excluding carboxylic acids is 1. The molecular weight excluding hydrogens is 338 g/mol. The van der Waals surface area contributed by atoms with Crippen LogP contribution in [0.5, 0.6) is 0 Å². The van der Waals surface area contributed by atoms with E-state index in [1.165, 1.54) is 0 Å². The Bertz CT molecular complexity index is 842. The van der Waals surface area contributed by atoms with E-state index in [-0.39, 0.29) is 23.3 Å². The van der Waals surface area contributed by atoms with E-state index < -0.39 is 4.92 Å². The second-order valence-electron chi connectivity index (χ2n) is 6.14. The quantitative estimate of drug-likeness (QED) is 0.620. The van der Waals surface area contributed by atoms with Crippen LogP contribution in [-0.4, -0.2) is 38.9 Å². The molecule has 26 heavy (non-hydrogen) atoms. The highest BCUT2D eigenvalue weighted by molar-refractivity contribution is 5.92. The molecule has 1 saturated heterocycles. The van der Waals surface area contributed by atoms with Crippen LogP contribution in [0.1, 0.15) is 18.5 Å². The molecule has 136 valence electrons. The summed E-state index contributed by atoms with van der Waals surface area (Å²) in [5.74, 6) is 0.242. The average molecular weight is 357 g/mol. The summed E-state index contributed by atoms with van der Waals surface area (Å²) in [7, 11) is 0. The number of nitrogens with one attached hydrogen (secondary N) is 1. The lowest BCUT2D eigenvalue weighted by molar-refractivity contribution is -0.384. The van der Waals surface area contributed by atoms with Crippen molar-refractivity contribution in [3.8, 4) is 0 Å². The molecule has 10 heteroatoms. The number of carbonyl (C=O) groups is 1. The van der Waals surface area contributed by atoms with Crippen LogP contribution in [0.2, 0.25) is 0 Å². The number of nitrogens with two attached hydrogens (primary N) is 1. The molecule has 3 N–H and O–H groups in total. The van der Waals surface area contributed by atoms with Gasteiger partial charge >= 0.3 is 5.69 Å². The number of hydrogen-bond acceptors (Lipinski definition) is 8. The lowest BCUT2D eigenvalue weighted by atomic mass is 9.97. The zero-order valence-corrected chi connectivity index (χ0v) is 14.3. The van der Waals surface area contributed by atoms with Gasteiger partial charge in [0.05, 0.1) is 10.8 Å². The van der Waals surface area contributed by atoms with E-state index in [1.54, 1.807) is 6.07 Å². The van der Waals surface area contributed by atoms with Crippen molar-refractivity contribution >= 4 is 29.2 Å². The molecular formula is C16H19N7O3. The predicted molar refractivity (Wildman–Crippen MR) is 95.6 cm³/mol. The van der Waals surface area contributed by atoms with Gasteiger partial charge in [-0.3, -0.25) is 14.9 Å². The molecule has 1 unspecified atom stereocenters. The normalized spacial score (nSPS) is 17.0. The molecule has 1 amide bonds. The second kappa shape index (κ2) is 7.30.